The number of imide groups is 1. The topological polar surface area (TPSA) is 237 Å². The highest BCUT2D eigenvalue weighted by Crippen LogP contribution is 2.66. The molecule has 5 N–H and O–H groups in total. The molecule has 5 amide bonds. The predicted molar refractivity (Wildman–Crippen MR) is 256 cm³/mol. The molecule has 17 nitrogen and oxygen atoms in total. The van der Waals surface area contributed by atoms with Crippen molar-refractivity contribution in [2.45, 2.75) is 36.3 Å². The summed E-state index contributed by atoms with van der Waals surface area (Å²) in [6, 6.07) is 37.2. The van der Waals surface area contributed by atoms with Crippen LogP contribution in [0.3, 0.4) is 0 Å². The number of hydrogen-bond donors (Lipinski definition) is 4. The second kappa shape index (κ2) is 18.3. The number of primary amides is 1. The number of benzene rings is 6. The van der Waals surface area contributed by atoms with Crippen LogP contribution < -0.4 is 21.3 Å². The number of phenolic OH excluding ortho intramolecular Hbond substituents is 1. The fourth-order valence-corrected chi connectivity index (χ4v) is 10.8. The highest BCUT2D eigenvalue weighted by Gasteiger charge is 2.76. The van der Waals surface area contributed by atoms with Crippen molar-refractivity contribution < 1.29 is 43.5 Å². The highest BCUT2D eigenvalue weighted by atomic mass is 32.1. The quantitative estimate of drug-likeness (QED) is 0.0475. The molecule has 0 saturated carbocycles. The number of thiazole rings is 1. The van der Waals surface area contributed by atoms with E-state index in [-0.39, 0.29) is 34.4 Å². The number of hydrogen-bond acceptors (Lipinski definition) is 13. The number of anilines is 2. The molecule has 0 radical (unpaired) electrons. The molecule has 0 unspecified atom stereocenters. The molecule has 1 aromatic heterocycles. The van der Waals surface area contributed by atoms with Gasteiger partial charge in [-0.15, -0.1) is 0 Å². The number of phenols is 1. The summed E-state index contributed by atoms with van der Waals surface area (Å²) in [6.45, 7) is -0.541. The summed E-state index contributed by atoms with van der Waals surface area (Å²) in [4.78, 5) is 92.1. The zero-order valence-corrected chi connectivity index (χ0v) is 37.4. The number of nitrogens with zero attached hydrogens (tertiary/aromatic N) is 4. The number of amides is 5. The third-order valence-corrected chi connectivity index (χ3v) is 13.7. The average Bonchev–Trinajstić information content (AvgIpc) is 4.01. The molecular weight excluding hydrogens is 915 g/mol. The van der Waals surface area contributed by atoms with Crippen LogP contribution in [0, 0.1) is 27.9 Å². The number of nitrogens with two attached hydrogens (primary N) is 1. The Labute approximate surface area is 402 Å². The minimum absolute atomic E-state index is 0.0187. The summed E-state index contributed by atoms with van der Waals surface area (Å²) in [5, 5.41) is 27.7. The van der Waals surface area contributed by atoms with Gasteiger partial charge in [-0.2, -0.15) is 0 Å². The monoisotopic (exact) mass is 953 g/mol. The van der Waals surface area contributed by atoms with E-state index in [0.29, 0.717) is 33.3 Å². The minimum Gasteiger partial charge on any atom is -0.508 e. The molecule has 6 atom stereocenters. The first-order valence-electron chi connectivity index (χ1n) is 21.9. The Balaban J connectivity index is 1.22. The van der Waals surface area contributed by atoms with Gasteiger partial charge in [-0.25, -0.2) is 19.5 Å². The van der Waals surface area contributed by atoms with Crippen LogP contribution in [-0.4, -0.2) is 62.4 Å². The van der Waals surface area contributed by atoms with Gasteiger partial charge in [-0.05, 0) is 82.4 Å². The van der Waals surface area contributed by atoms with Crippen LogP contribution in [0.4, 0.5) is 26.1 Å². The first-order chi connectivity index (χ1) is 33.9. The van der Waals surface area contributed by atoms with E-state index < -0.39 is 77.0 Å². The number of carbonyl (C=O) groups is 5. The molecular formula is C52H39N7O10S. The van der Waals surface area contributed by atoms with Gasteiger partial charge >= 0.3 is 18.1 Å². The van der Waals surface area contributed by atoms with Crippen LogP contribution in [0.15, 0.2) is 152 Å². The zero-order valence-electron chi connectivity index (χ0n) is 36.6. The van der Waals surface area contributed by atoms with Crippen molar-refractivity contribution in [1.29, 1.82) is 0 Å². The summed E-state index contributed by atoms with van der Waals surface area (Å²) in [5.41, 5.74) is 6.04. The van der Waals surface area contributed by atoms with E-state index in [1.807, 2.05) is 77.7 Å². The second-order valence-corrected chi connectivity index (χ2v) is 17.7. The number of cyclic esters (lactones) is 1. The third-order valence-electron chi connectivity index (χ3n) is 12.7. The third kappa shape index (κ3) is 7.88. The normalized spacial score (nSPS) is 21.3. The van der Waals surface area contributed by atoms with Crippen molar-refractivity contribution in [3.8, 4) is 17.6 Å². The van der Waals surface area contributed by atoms with Crippen LogP contribution in [0.5, 0.6) is 5.75 Å². The first-order valence-corrected chi connectivity index (χ1v) is 22.7. The van der Waals surface area contributed by atoms with Gasteiger partial charge in [0.05, 0.1) is 45.4 Å². The molecule has 0 bridgehead atoms. The number of aromatic nitrogens is 1. The van der Waals surface area contributed by atoms with Crippen LogP contribution in [0.1, 0.15) is 51.6 Å². The summed E-state index contributed by atoms with van der Waals surface area (Å²) >= 11 is 1.19. The summed E-state index contributed by atoms with van der Waals surface area (Å²) < 4.78 is 13.1. The lowest BCUT2D eigenvalue weighted by Crippen LogP contribution is -2.54. The molecule has 0 aliphatic carbocycles. The van der Waals surface area contributed by atoms with Crippen LogP contribution in [-0.2, 0) is 35.9 Å². The number of nitro benzene ring substituents is 1. The Bertz CT molecular complexity index is 3260. The molecule has 70 heavy (non-hydrogen) atoms. The number of nitrogens with one attached hydrogen (secondary N) is 2. The SMILES string of the molecule is NC(=O)NCC#Cc1ccc2c(c1)[C@]1(C(=O)N2C(=O)OCc2ccc([N+](=O)[O-])cc2)[C@H](c2ccc(O)cc2)N2[C@H](c3ccccc3)[C@H](c3ccccc3)OC(=O)[C@H]2[C@@H]1C(=O)Nc1nc2ccccc2s1. The van der Waals surface area contributed by atoms with Gasteiger partial charge in [0.25, 0.3) is 5.69 Å². The molecule has 2 saturated heterocycles. The van der Waals surface area contributed by atoms with Gasteiger partial charge in [0.15, 0.2) is 5.13 Å². The minimum atomic E-state index is -2.20. The largest absolute Gasteiger partial charge is 0.508 e. The molecule has 2 fully saturated rings. The highest BCUT2D eigenvalue weighted by molar-refractivity contribution is 7.22. The van der Waals surface area contributed by atoms with Crippen molar-refractivity contribution in [1.82, 2.24) is 15.2 Å². The second-order valence-electron chi connectivity index (χ2n) is 16.7. The number of carbonyl (C=O) groups excluding carboxylic acids is 5. The van der Waals surface area contributed by atoms with E-state index in [9.17, 15) is 24.8 Å². The maximum absolute atomic E-state index is 16.4. The van der Waals surface area contributed by atoms with E-state index in [1.54, 1.807) is 36.4 Å². The smallest absolute Gasteiger partial charge is 0.421 e. The number of para-hydroxylation sites is 1. The number of fused-ring (bicyclic) bond motifs is 4. The van der Waals surface area contributed by atoms with Gasteiger partial charge in [0.2, 0.25) is 11.8 Å². The van der Waals surface area contributed by atoms with Crippen molar-refractivity contribution in [2.24, 2.45) is 11.7 Å². The zero-order chi connectivity index (χ0) is 48.7. The van der Waals surface area contributed by atoms with Crippen LogP contribution in [0.25, 0.3) is 10.2 Å². The molecule has 348 valence electrons. The number of esters is 1. The summed E-state index contributed by atoms with van der Waals surface area (Å²) in [6.07, 6.45) is -2.14. The molecule has 4 heterocycles. The fourth-order valence-electron chi connectivity index (χ4n) is 9.93. The summed E-state index contributed by atoms with van der Waals surface area (Å²) in [5.74, 6) is 1.50. The number of urea groups is 1. The Hall–Kier alpha value is -8.92. The number of aromatic hydroxyl groups is 1. The standard InChI is InChI=1S/C52H39N7O10S/c53-49(64)54-27-9-10-30-19-26-39-37(28-30)52(48(63)57(39)51(65)68-29-31-17-22-35(23-18-31)59(66)67)41(46(61)56-50-55-38-15-7-8-16-40(38)70-50)43-47(62)69-44(33-13-5-2-6-14-33)42(32-11-3-1-4-12-32)58(43)45(52)34-20-24-36(60)25-21-34/h1-8,11-26,28,41-45,60H,27,29H2,(H3,53,54,64)(H,55,56,61)/t41-,42-,43-,44+,45+,52-/m1/s1. The Morgan fingerprint density at radius 1 is 0.857 bits per heavy atom. The maximum atomic E-state index is 16.4. The van der Waals surface area contributed by atoms with E-state index >= 15 is 14.4 Å². The summed E-state index contributed by atoms with van der Waals surface area (Å²) in [7, 11) is 0. The molecule has 6 aromatic carbocycles. The van der Waals surface area contributed by atoms with Crippen molar-refractivity contribution >= 4 is 68.0 Å². The molecule has 7 aromatic rings. The average molecular weight is 954 g/mol. The van der Waals surface area contributed by atoms with Gasteiger partial charge < -0.3 is 30.9 Å². The van der Waals surface area contributed by atoms with Crippen LogP contribution in [0.2, 0.25) is 0 Å². The van der Waals surface area contributed by atoms with Gasteiger partial charge in [0.1, 0.15) is 29.9 Å². The number of rotatable bonds is 9. The number of morpholine rings is 1. The molecule has 3 aliphatic heterocycles. The van der Waals surface area contributed by atoms with E-state index in [0.717, 1.165) is 9.60 Å². The van der Waals surface area contributed by atoms with Crippen molar-refractivity contribution in [3.05, 3.63) is 195 Å². The van der Waals surface area contributed by atoms with Crippen LogP contribution >= 0.6 is 11.3 Å². The first kappa shape index (κ1) is 44.9. The molecule has 10 rings (SSSR count). The van der Waals surface area contributed by atoms with Gasteiger partial charge in [-0.3, -0.25) is 29.4 Å². The molecule has 3 aliphatic rings. The number of non-ortho nitro benzene ring substituents is 1. The predicted octanol–water partition coefficient (Wildman–Crippen LogP) is 7.57. The van der Waals surface area contributed by atoms with Crippen molar-refractivity contribution in [2.75, 3.05) is 16.8 Å². The van der Waals surface area contributed by atoms with E-state index in [2.05, 4.69) is 27.5 Å². The molecule has 1 spiro atoms. The van der Waals surface area contributed by atoms with Gasteiger partial charge in [-0.1, -0.05) is 108 Å². The Morgan fingerprint density at radius 2 is 1.54 bits per heavy atom. The lowest BCUT2D eigenvalue weighted by Gasteiger charge is -2.46. The lowest BCUT2D eigenvalue weighted by atomic mass is 9.65. The van der Waals surface area contributed by atoms with Gasteiger partial charge in [0, 0.05) is 17.7 Å². The van der Waals surface area contributed by atoms with E-state index in [4.69, 9.17) is 15.2 Å². The Morgan fingerprint density at radius 3 is 2.23 bits per heavy atom. The number of nitro groups is 1. The fraction of sp³-hybridized carbons (Fsp3) is 0.154. The Kier molecular flexibility index (Phi) is 11.7. The van der Waals surface area contributed by atoms with E-state index in [1.165, 1.54) is 53.8 Å². The lowest BCUT2D eigenvalue weighted by molar-refractivity contribution is -0.384. The molecule has 18 heteroatoms. The maximum Gasteiger partial charge on any atom is 0.421 e. The van der Waals surface area contributed by atoms with Crippen molar-refractivity contribution in [3.63, 3.8) is 0 Å². The number of ether oxygens (including phenoxy) is 2.